The van der Waals surface area contributed by atoms with Gasteiger partial charge in [-0.05, 0) is 0 Å². The van der Waals surface area contributed by atoms with Crippen molar-refractivity contribution in [2.45, 2.75) is 6.18 Å². The van der Waals surface area contributed by atoms with Gasteiger partial charge in [0.25, 0.3) is 0 Å². The topological polar surface area (TPSA) is 44.5 Å². The van der Waals surface area contributed by atoms with Crippen LogP contribution in [0.25, 0.3) is 0 Å². The van der Waals surface area contributed by atoms with E-state index in [4.69, 9.17) is 5.73 Å². The van der Waals surface area contributed by atoms with E-state index in [2.05, 4.69) is 9.47 Å². The fourth-order valence-electron chi connectivity index (χ4n) is 0.991. The molecule has 0 bridgehead atoms. The number of ether oxygens (including phenoxy) is 2. The second-order valence-corrected chi connectivity index (χ2v) is 2.93. The van der Waals surface area contributed by atoms with Crippen molar-refractivity contribution in [1.29, 1.82) is 0 Å². The molecule has 16 heavy (non-hydrogen) atoms. The summed E-state index contributed by atoms with van der Waals surface area (Å²) >= 11 is 0. The van der Waals surface area contributed by atoms with Gasteiger partial charge < -0.3 is 15.2 Å². The molecule has 0 radical (unpaired) electrons. The van der Waals surface area contributed by atoms with E-state index in [1.807, 2.05) is 0 Å². The molecule has 0 saturated carbocycles. The Morgan fingerprint density at radius 1 is 1.25 bits per heavy atom. The number of methoxy groups -OCH3 is 1. The summed E-state index contributed by atoms with van der Waals surface area (Å²) in [7, 11) is 1.18. The summed E-state index contributed by atoms with van der Waals surface area (Å²) in [6.07, 6.45) is -4.48. The molecule has 7 heteroatoms. The van der Waals surface area contributed by atoms with E-state index >= 15 is 0 Å². The van der Waals surface area contributed by atoms with Gasteiger partial charge in [-0.3, -0.25) is 0 Å². The van der Waals surface area contributed by atoms with Gasteiger partial charge in [0.15, 0.2) is 18.2 Å². The maximum atomic E-state index is 13.0. The van der Waals surface area contributed by atoms with Crippen LogP contribution in [-0.4, -0.2) is 19.9 Å². The molecule has 0 aromatic heterocycles. The van der Waals surface area contributed by atoms with E-state index in [1.54, 1.807) is 0 Å². The number of hydrogen-bond acceptors (Lipinski definition) is 3. The monoisotopic (exact) mass is 239 g/mol. The lowest BCUT2D eigenvalue weighted by Gasteiger charge is -2.12. The summed E-state index contributed by atoms with van der Waals surface area (Å²) in [6.45, 7) is -1.49. The first kappa shape index (κ1) is 12.4. The van der Waals surface area contributed by atoms with E-state index in [0.717, 1.165) is 12.1 Å². The predicted octanol–water partition coefficient (Wildman–Crippen LogP) is 2.36. The van der Waals surface area contributed by atoms with Crippen molar-refractivity contribution in [2.75, 3.05) is 19.5 Å². The third kappa shape index (κ3) is 3.18. The highest BCUT2D eigenvalue weighted by molar-refractivity contribution is 5.56. The largest absolute Gasteiger partial charge is 0.494 e. The minimum atomic E-state index is -4.48. The molecule has 1 rings (SSSR count). The first-order valence-corrected chi connectivity index (χ1v) is 4.16. The summed E-state index contributed by atoms with van der Waals surface area (Å²) in [5.41, 5.74) is 5.07. The molecular formula is C9H9F4NO2. The van der Waals surface area contributed by atoms with Crippen LogP contribution in [0.5, 0.6) is 11.5 Å². The zero-order valence-corrected chi connectivity index (χ0v) is 8.27. The first-order valence-electron chi connectivity index (χ1n) is 4.16. The first-order chi connectivity index (χ1) is 7.33. The van der Waals surface area contributed by atoms with E-state index < -0.39 is 18.6 Å². The third-order valence-electron chi connectivity index (χ3n) is 1.68. The summed E-state index contributed by atoms with van der Waals surface area (Å²) in [6, 6.07) is 1.81. The molecular weight excluding hydrogens is 230 g/mol. The van der Waals surface area contributed by atoms with Crippen LogP contribution in [0.2, 0.25) is 0 Å². The quantitative estimate of drug-likeness (QED) is 0.650. The SMILES string of the molecule is COc1cc(OCC(F)(F)F)c(N)cc1F. The normalized spacial score (nSPS) is 11.3. The molecule has 0 unspecified atom stereocenters. The molecule has 0 fully saturated rings. The highest BCUT2D eigenvalue weighted by atomic mass is 19.4. The van der Waals surface area contributed by atoms with Crippen LogP contribution in [-0.2, 0) is 0 Å². The fourth-order valence-corrected chi connectivity index (χ4v) is 0.991. The van der Waals surface area contributed by atoms with Crippen LogP contribution in [0.1, 0.15) is 0 Å². The van der Waals surface area contributed by atoms with Crippen molar-refractivity contribution in [3.05, 3.63) is 17.9 Å². The summed E-state index contributed by atoms with van der Waals surface area (Å²) in [5, 5.41) is 0. The zero-order valence-electron chi connectivity index (χ0n) is 8.27. The van der Waals surface area contributed by atoms with E-state index in [0.29, 0.717) is 0 Å². The second-order valence-electron chi connectivity index (χ2n) is 2.93. The van der Waals surface area contributed by atoms with E-state index in [9.17, 15) is 17.6 Å². The molecule has 0 aliphatic rings. The molecule has 0 atom stereocenters. The standard InChI is InChI=1S/C9H9F4NO2/c1-15-7-3-8(6(14)2-5(7)10)16-4-9(11,12)13/h2-3H,4,14H2,1H3. The average Bonchev–Trinajstić information content (AvgIpc) is 2.15. The Labute approximate surface area is 88.8 Å². The van der Waals surface area contributed by atoms with Crippen LogP contribution < -0.4 is 15.2 Å². The molecule has 1 aromatic carbocycles. The maximum absolute atomic E-state index is 13.0. The van der Waals surface area contributed by atoms with Gasteiger partial charge in [-0.1, -0.05) is 0 Å². The van der Waals surface area contributed by atoms with Gasteiger partial charge in [-0.15, -0.1) is 0 Å². The number of nitrogen functional groups attached to an aromatic ring is 1. The number of nitrogens with two attached hydrogens (primary N) is 1. The van der Waals surface area contributed by atoms with E-state index in [-0.39, 0.29) is 17.2 Å². The van der Waals surface area contributed by atoms with E-state index in [1.165, 1.54) is 7.11 Å². The molecule has 0 amide bonds. The average molecular weight is 239 g/mol. The number of anilines is 1. The smallest absolute Gasteiger partial charge is 0.422 e. The number of benzene rings is 1. The highest BCUT2D eigenvalue weighted by Gasteiger charge is 2.29. The van der Waals surface area contributed by atoms with Crippen molar-refractivity contribution >= 4 is 5.69 Å². The molecule has 3 nitrogen and oxygen atoms in total. The lowest BCUT2D eigenvalue weighted by atomic mass is 10.2. The van der Waals surface area contributed by atoms with Crippen molar-refractivity contribution in [3.63, 3.8) is 0 Å². The minimum absolute atomic E-state index is 0.220. The Morgan fingerprint density at radius 3 is 2.38 bits per heavy atom. The van der Waals surface area contributed by atoms with Gasteiger partial charge in [0.2, 0.25) is 0 Å². The van der Waals surface area contributed by atoms with Crippen LogP contribution in [0.4, 0.5) is 23.2 Å². The minimum Gasteiger partial charge on any atom is -0.494 e. The second kappa shape index (κ2) is 4.46. The highest BCUT2D eigenvalue weighted by Crippen LogP contribution is 2.31. The maximum Gasteiger partial charge on any atom is 0.422 e. The summed E-state index contributed by atoms with van der Waals surface area (Å²) < 4.78 is 57.6. The molecule has 0 saturated heterocycles. The Bertz CT molecular complexity index is 379. The lowest BCUT2D eigenvalue weighted by molar-refractivity contribution is -0.153. The van der Waals surface area contributed by atoms with Crippen molar-refractivity contribution in [2.24, 2.45) is 0 Å². The number of rotatable bonds is 3. The Hall–Kier alpha value is -1.66. The van der Waals surface area contributed by atoms with Crippen molar-refractivity contribution in [1.82, 2.24) is 0 Å². The lowest BCUT2D eigenvalue weighted by Crippen LogP contribution is -2.19. The third-order valence-corrected chi connectivity index (χ3v) is 1.68. The molecule has 90 valence electrons. The molecule has 1 aromatic rings. The van der Waals surface area contributed by atoms with Gasteiger partial charge in [0, 0.05) is 12.1 Å². The molecule has 0 spiro atoms. The predicted molar refractivity (Wildman–Crippen MR) is 48.9 cm³/mol. The Balaban J connectivity index is 2.88. The van der Waals surface area contributed by atoms with Gasteiger partial charge >= 0.3 is 6.18 Å². The molecule has 0 aliphatic heterocycles. The summed E-state index contributed by atoms with van der Waals surface area (Å²) in [5.74, 6) is -1.26. The van der Waals surface area contributed by atoms with Gasteiger partial charge in [0.1, 0.15) is 5.75 Å². The van der Waals surface area contributed by atoms with Gasteiger partial charge in [-0.2, -0.15) is 13.2 Å². The molecule has 0 aliphatic carbocycles. The van der Waals surface area contributed by atoms with Crippen LogP contribution in [0.15, 0.2) is 12.1 Å². The van der Waals surface area contributed by atoms with Crippen LogP contribution in [0, 0.1) is 5.82 Å². The van der Waals surface area contributed by atoms with Gasteiger partial charge in [0.05, 0.1) is 12.8 Å². The van der Waals surface area contributed by atoms with Crippen molar-refractivity contribution in [3.8, 4) is 11.5 Å². The zero-order chi connectivity index (χ0) is 12.3. The Morgan fingerprint density at radius 2 is 1.88 bits per heavy atom. The van der Waals surface area contributed by atoms with Crippen molar-refractivity contribution < 1.29 is 27.0 Å². The molecule has 0 heterocycles. The van der Waals surface area contributed by atoms with Gasteiger partial charge in [-0.25, -0.2) is 4.39 Å². The Kier molecular flexibility index (Phi) is 3.46. The summed E-state index contributed by atoms with van der Waals surface area (Å²) in [4.78, 5) is 0. The fraction of sp³-hybridized carbons (Fsp3) is 0.333. The van der Waals surface area contributed by atoms with Crippen LogP contribution in [0.3, 0.4) is 0 Å². The molecule has 2 N–H and O–H groups in total. The van der Waals surface area contributed by atoms with Crippen LogP contribution >= 0.6 is 0 Å². The number of hydrogen-bond donors (Lipinski definition) is 1. The number of halogens is 4. The number of alkyl halides is 3.